The van der Waals surface area contributed by atoms with E-state index >= 15 is 0 Å². The summed E-state index contributed by atoms with van der Waals surface area (Å²) in [4.78, 5) is 20.6. The van der Waals surface area contributed by atoms with Crippen molar-refractivity contribution in [2.24, 2.45) is 27.2 Å². The Kier molecular flexibility index (Phi) is 3.23. The maximum atomic E-state index is 11.4. The van der Waals surface area contributed by atoms with E-state index < -0.39 is 0 Å². The quantitative estimate of drug-likeness (QED) is 0.453. The Morgan fingerprint density at radius 2 is 2.11 bits per heavy atom. The molecule has 0 saturated heterocycles. The highest BCUT2D eigenvalue weighted by Crippen LogP contribution is 2.34. The molecule has 8 heteroatoms. The summed E-state index contributed by atoms with van der Waals surface area (Å²) in [5, 5.41) is 0. The molecule has 1 aliphatic heterocycles. The van der Waals surface area contributed by atoms with Crippen molar-refractivity contribution in [2.45, 2.75) is 0 Å². The zero-order chi connectivity index (χ0) is 14.0. The topological polar surface area (TPSA) is 132 Å². The molecule has 0 radical (unpaired) electrons. The third-order valence-electron chi connectivity index (χ3n) is 2.52. The minimum Gasteiger partial charge on any atom is -0.481 e. The second-order valence-corrected chi connectivity index (χ2v) is 3.90. The standard InChI is InChI=1S/C11H14N6O2/c1-17-7-3-2-6(15-11(14)16-10(12)13)4-8(7)19-5-9(17)18/h2-4H,5H2,1H3,(H6,12,13,14,15,16). The fraction of sp³-hybridized carbons (Fsp3) is 0.182. The smallest absolute Gasteiger partial charge is 0.264 e. The summed E-state index contributed by atoms with van der Waals surface area (Å²) in [5.41, 5.74) is 17.1. The molecule has 0 unspecified atom stereocenters. The van der Waals surface area contributed by atoms with Crippen molar-refractivity contribution >= 4 is 29.2 Å². The van der Waals surface area contributed by atoms with Crippen LogP contribution in [0.25, 0.3) is 0 Å². The lowest BCUT2D eigenvalue weighted by atomic mass is 10.2. The predicted molar refractivity (Wildman–Crippen MR) is 72.4 cm³/mol. The van der Waals surface area contributed by atoms with E-state index in [-0.39, 0.29) is 24.4 Å². The summed E-state index contributed by atoms with van der Waals surface area (Å²) in [6.07, 6.45) is 0. The highest BCUT2D eigenvalue weighted by Gasteiger charge is 2.22. The molecule has 8 nitrogen and oxygen atoms in total. The number of likely N-dealkylation sites (N-methyl/N-ethyl adjacent to an activating group) is 1. The minimum atomic E-state index is -0.166. The van der Waals surface area contributed by atoms with Crippen LogP contribution in [0.3, 0.4) is 0 Å². The number of aliphatic imine (C=N–C) groups is 2. The molecule has 0 atom stereocenters. The number of ether oxygens (including phenoxy) is 1. The normalized spacial score (nSPS) is 14.7. The van der Waals surface area contributed by atoms with E-state index in [9.17, 15) is 4.79 Å². The predicted octanol–water partition coefficient (Wildman–Crippen LogP) is -0.739. The van der Waals surface area contributed by atoms with Crippen LogP contribution in [0.5, 0.6) is 5.75 Å². The zero-order valence-corrected chi connectivity index (χ0v) is 10.3. The van der Waals surface area contributed by atoms with E-state index in [1.165, 1.54) is 4.90 Å². The molecule has 0 saturated carbocycles. The van der Waals surface area contributed by atoms with Crippen LogP contribution in [-0.4, -0.2) is 31.5 Å². The molecule has 0 aromatic heterocycles. The Hall–Kier alpha value is -2.77. The van der Waals surface area contributed by atoms with Gasteiger partial charge in [-0.3, -0.25) is 4.79 Å². The molecule has 0 spiro atoms. The molecule has 1 aromatic rings. The van der Waals surface area contributed by atoms with Gasteiger partial charge in [0.05, 0.1) is 11.4 Å². The first-order chi connectivity index (χ1) is 8.97. The number of carbonyl (C=O) groups is 1. The second kappa shape index (κ2) is 4.84. The number of amides is 1. The van der Waals surface area contributed by atoms with Crippen molar-refractivity contribution in [3.05, 3.63) is 18.2 Å². The van der Waals surface area contributed by atoms with E-state index in [0.29, 0.717) is 17.1 Å². The fourth-order valence-electron chi connectivity index (χ4n) is 1.63. The lowest BCUT2D eigenvalue weighted by molar-refractivity contribution is -0.120. The van der Waals surface area contributed by atoms with Crippen LogP contribution in [0.1, 0.15) is 0 Å². The van der Waals surface area contributed by atoms with Gasteiger partial charge in [-0.2, -0.15) is 4.99 Å². The Balaban J connectivity index is 2.32. The lowest BCUT2D eigenvalue weighted by Crippen LogP contribution is -2.35. The molecule has 0 fully saturated rings. The number of fused-ring (bicyclic) bond motifs is 1. The number of anilines is 1. The molecule has 0 aliphatic carbocycles. The number of hydrogen-bond acceptors (Lipinski definition) is 3. The summed E-state index contributed by atoms with van der Waals surface area (Å²) >= 11 is 0. The van der Waals surface area contributed by atoms with E-state index in [1.54, 1.807) is 25.2 Å². The van der Waals surface area contributed by atoms with Gasteiger partial charge in [0.1, 0.15) is 5.75 Å². The highest BCUT2D eigenvalue weighted by molar-refractivity contribution is 5.98. The third-order valence-corrected chi connectivity index (χ3v) is 2.52. The summed E-state index contributed by atoms with van der Waals surface area (Å²) in [6.45, 7) is 0.0000503. The maximum absolute atomic E-state index is 11.4. The average molecular weight is 262 g/mol. The summed E-state index contributed by atoms with van der Waals surface area (Å²) in [7, 11) is 1.68. The molecule has 1 aliphatic rings. The summed E-state index contributed by atoms with van der Waals surface area (Å²) in [5.74, 6) is 0.227. The van der Waals surface area contributed by atoms with Crippen LogP contribution in [0, 0.1) is 0 Å². The van der Waals surface area contributed by atoms with Crippen molar-refractivity contribution in [1.82, 2.24) is 0 Å². The van der Waals surface area contributed by atoms with E-state index in [4.69, 9.17) is 21.9 Å². The van der Waals surface area contributed by atoms with Crippen LogP contribution in [0.4, 0.5) is 11.4 Å². The van der Waals surface area contributed by atoms with Crippen LogP contribution in [-0.2, 0) is 4.79 Å². The molecule has 1 aromatic carbocycles. The summed E-state index contributed by atoms with van der Waals surface area (Å²) < 4.78 is 5.32. The zero-order valence-electron chi connectivity index (χ0n) is 10.3. The van der Waals surface area contributed by atoms with Crippen LogP contribution >= 0.6 is 0 Å². The molecule has 2 rings (SSSR count). The van der Waals surface area contributed by atoms with Gasteiger partial charge in [-0.25, -0.2) is 4.99 Å². The molecule has 6 N–H and O–H groups in total. The van der Waals surface area contributed by atoms with Crippen molar-refractivity contribution < 1.29 is 9.53 Å². The Morgan fingerprint density at radius 1 is 1.37 bits per heavy atom. The minimum absolute atomic E-state index is 0.0000503. The molecular weight excluding hydrogens is 248 g/mol. The van der Waals surface area contributed by atoms with Gasteiger partial charge in [-0.1, -0.05) is 0 Å². The number of nitrogens with zero attached hydrogens (tertiary/aromatic N) is 3. The molecule has 100 valence electrons. The second-order valence-electron chi connectivity index (χ2n) is 3.90. The van der Waals surface area contributed by atoms with Crippen LogP contribution in [0.15, 0.2) is 28.2 Å². The molecule has 19 heavy (non-hydrogen) atoms. The SMILES string of the molecule is CN1C(=O)COc2cc(N=C(N)N=C(N)N)ccc21. The molecule has 0 bridgehead atoms. The van der Waals surface area contributed by atoms with Gasteiger partial charge in [-0.15, -0.1) is 0 Å². The van der Waals surface area contributed by atoms with Gasteiger partial charge in [0.2, 0.25) is 5.96 Å². The Labute approximate surface area is 109 Å². The van der Waals surface area contributed by atoms with Crippen LogP contribution in [0.2, 0.25) is 0 Å². The van der Waals surface area contributed by atoms with E-state index in [2.05, 4.69) is 9.98 Å². The Morgan fingerprint density at radius 3 is 2.79 bits per heavy atom. The van der Waals surface area contributed by atoms with Gasteiger partial charge in [0, 0.05) is 13.1 Å². The summed E-state index contributed by atoms with van der Waals surface area (Å²) in [6, 6.07) is 5.06. The van der Waals surface area contributed by atoms with E-state index in [0.717, 1.165) is 0 Å². The molecule has 1 amide bonds. The van der Waals surface area contributed by atoms with Crippen molar-refractivity contribution in [2.75, 3.05) is 18.6 Å². The Bertz CT molecular complexity index is 577. The first kappa shape index (κ1) is 12.7. The van der Waals surface area contributed by atoms with Gasteiger partial charge in [-0.05, 0) is 12.1 Å². The number of hydrogen-bond donors (Lipinski definition) is 3. The lowest BCUT2D eigenvalue weighted by Gasteiger charge is -2.25. The number of carbonyl (C=O) groups excluding carboxylic acids is 1. The molecule has 1 heterocycles. The first-order valence-corrected chi connectivity index (χ1v) is 5.44. The maximum Gasteiger partial charge on any atom is 0.264 e. The number of benzene rings is 1. The first-order valence-electron chi connectivity index (χ1n) is 5.44. The highest BCUT2D eigenvalue weighted by atomic mass is 16.5. The van der Waals surface area contributed by atoms with Crippen molar-refractivity contribution in [3.8, 4) is 5.75 Å². The number of guanidine groups is 2. The van der Waals surface area contributed by atoms with Crippen LogP contribution < -0.4 is 26.8 Å². The van der Waals surface area contributed by atoms with Gasteiger partial charge in [0.15, 0.2) is 12.6 Å². The van der Waals surface area contributed by atoms with E-state index in [1.807, 2.05) is 0 Å². The molecular formula is C11H14N6O2. The monoisotopic (exact) mass is 262 g/mol. The van der Waals surface area contributed by atoms with Gasteiger partial charge < -0.3 is 26.8 Å². The van der Waals surface area contributed by atoms with Crippen molar-refractivity contribution in [3.63, 3.8) is 0 Å². The number of rotatable bonds is 1. The van der Waals surface area contributed by atoms with Crippen molar-refractivity contribution in [1.29, 1.82) is 0 Å². The number of nitrogens with two attached hydrogens (primary N) is 3. The third kappa shape index (κ3) is 2.73. The largest absolute Gasteiger partial charge is 0.481 e. The average Bonchev–Trinajstić information content (AvgIpc) is 2.33. The van der Waals surface area contributed by atoms with Gasteiger partial charge >= 0.3 is 0 Å². The fourth-order valence-corrected chi connectivity index (χ4v) is 1.63. The van der Waals surface area contributed by atoms with Gasteiger partial charge in [0.25, 0.3) is 5.91 Å².